The second-order valence-corrected chi connectivity index (χ2v) is 16.8. The Morgan fingerprint density at radius 2 is 1.70 bits per heavy atom. The third-order valence-electron chi connectivity index (χ3n) is 15.1. The molecule has 2 aromatic rings. The summed E-state index contributed by atoms with van der Waals surface area (Å²) >= 11 is 0. The number of amides is 1. The number of hydrogen-bond donors (Lipinski definition) is 3. The molecule has 7 rings (SSSR count). The number of aromatic amines is 1. The van der Waals surface area contributed by atoms with Crippen molar-refractivity contribution in [3.8, 4) is 0 Å². The van der Waals surface area contributed by atoms with Crippen molar-refractivity contribution in [1.82, 2.24) is 10.3 Å². The fourth-order valence-corrected chi connectivity index (χ4v) is 13.2. The molecule has 5 aliphatic rings. The van der Waals surface area contributed by atoms with E-state index >= 15 is 0 Å². The summed E-state index contributed by atoms with van der Waals surface area (Å²) in [7, 11) is 0. The fourth-order valence-electron chi connectivity index (χ4n) is 13.2. The molecule has 1 aromatic heterocycles. The van der Waals surface area contributed by atoms with E-state index in [0.717, 1.165) is 38.5 Å². The van der Waals surface area contributed by atoms with Crippen LogP contribution in [0.2, 0.25) is 0 Å². The standard InChI is InChI=1S/C38H52N2O3/c1-22(2)23-14-17-38(33(43)39-21-30(41)42)19-18-36(6)26(31(23)38)12-13-29-35(5)20-25-24-10-8-9-11-27(24)40-32(25)34(3,4)28(35)15-16-37(29,36)7/h8-11,23,26,28-29,31,40H,1,12-21H2,2-7H3,(H,39,43)(H,41,42)/t23-,26?,28?,29?,31?,35-,36+,37+,38-/m0/s1. The number of fused-ring (bicyclic) bond motifs is 10. The minimum Gasteiger partial charge on any atom is -0.480 e. The van der Waals surface area contributed by atoms with Crippen LogP contribution in [0.25, 0.3) is 10.9 Å². The summed E-state index contributed by atoms with van der Waals surface area (Å²) in [4.78, 5) is 29.2. The summed E-state index contributed by atoms with van der Waals surface area (Å²) in [5.74, 6) is 1.27. The van der Waals surface area contributed by atoms with E-state index in [9.17, 15) is 14.7 Å². The van der Waals surface area contributed by atoms with Crippen molar-refractivity contribution in [1.29, 1.82) is 0 Å². The van der Waals surface area contributed by atoms with Crippen molar-refractivity contribution in [3.63, 3.8) is 0 Å². The molecule has 0 radical (unpaired) electrons. The molecule has 5 heteroatoms. The highest BCUT2D eigenvalue weighted by atomic mass is 16.4. The normalized spacial score (nSPS) is 42.6. The fraction of sp³-hybridized carbons (Fsp3) is 0.684. The van der Waals surface area contributed by atoms with Gasteiger partial charge in [0.05, 0.1) is 5.41 Å². The average molecular weight is 585 g/mol. The van der Waals surface area contributed by atoms with Gasteiger partial charge < -0.3 is 15.4 Å². The van der Waals surface area contributed by atoms with Crippen LogP contribution in [0.5, 0.6) is 0 Å². The van der Waals surface area contributed by atoms with Gasteiger partial charge in [-0.25, -0.2) is 0 Å². The van der Waals surface area contributed by atoms with Crippen molar-refractivity contribution in [2.45, 2.75) is 105 Å². The van der Waals surface area contributed by atoms with Crippen LogP contribution in [0.3, 0.4) is 0 Å². The Kier molecular flexibility index (Phi) is 6.26. The summed E-state index contributed by atoms with van der Waals surface area (Å²) < 4.78 is 0. The highest BCUT2D eigenvalue weighted by Crippen LogP contribution is 2.77. The average Bonchev–Trinajstić information content (AvgIpc) is 3.52. The number of carboxylic acid groups (broad SMARTS) is 1. The number of hydrogen-bond acceptors (Lipinski definition) is 2. The lowest BCUT2D eigenvalue weighted by Gasteiger charge is -2.72. The van der Waals surface area contributed by atoms with E-state index in [1.54, 1.807) is 5.56 Å². The highest BCUT2D eigenvalue weighted by molar-refractivity contribution is 5.87. The van der Waals surface area contributed by atoms with Gasteiger partial charge in [-0.05, 0) is 122 Å². The predicted octanol–water partition coefficient (Wildman–Crippen LogP) is 8.04. The van der Waals surface area contributed by atoms with Crippen LogP contribution in [0.4, 0.5) is 0 Å². The maximum absolute atomic E-state index is 13.9. The van der Waals surface area contributed by atoms with Crippen LogP contribution in [-0.2, 0) is 21.4 Å². The topological polar surface area (TPSA) is 82.2 Å². The van der Waals surface area contributed by atoms with Crippen LogP contribution in [0.1, 0.15) is 104 Å². The largest absolute Gasteiger partial charge is 0.480 e. The predicted molar refractivity (Wildman–Crippen MR) is 172 cm³/mol. The maximum Gasteiger partial charge on any atom is 0.322 e. The third kappa shape index (κ3) is 3.63. The number of allylic oxidation sites excluding steroid dienone is 1. The van der Waals surface area contributed by atoms with E-state index in [0.29, 0.717) is 23.7 Å². The molecule has 4 fully saturated rings. The quantitative estimate of drug-likeness (QED) is 0.318. The van der Waals surface area contributed by atoms with Gasteiger partial charge in [0.25, 0.3) is 0 Å². The van der Waals surface area contributed by atoms with Gasteiger partial charge in [0.15, 0.2) is 0 Å². The Morgan fingerprint density at radius 3 is 2.42 bits per heavy atom. The first kappa shape index (κ1) is 29.2. The minimum absolute atomic E-state index is 0.0189. The molecule has 3 N–H and O–H groups in total. The molecule has 1 amide bonds. The van der Waals surface area contributed by atoms with Gasteiger partial charge in [0.2, 0.25) is 5.91 Å². The molecule has 0 aliphatic heterocycles. The van der Waals surface area contributed by atoms with Gasteiger partial charge in [0.1, 0.15) is 6.54 Å². The van der Waals surface area contributed by atoms with Crippen LogP contribution >= 0.6 is 0 Å². The monoisotopic (exact) mass is 584 g/mol. The summed E-state index contributed by atoms with van der Waals surface area (Å²) in [6, 6.07) is 8.90. The summed E-state index contributed by atoms with van der Waals surface area (Å²) in [5.41, 5.74) is 5.63. The number of aliphatic carboxylic acids is 1. The Labute approximate surface area is 257 Å². The number of H-pyrrole nitrogens is 1. The first-order valence-electron chi connectivity index (χ1n) is 17.0. The Morgan fingerprint density at radius 1 is 0.953 bits per heavy atom. The van der Waals surface area contributed by atoms with Crippen LogP contribution < -0.4 is 5.32 Å². The van der Waals surface area contributed by atoms with Gasteiger partial charge in [0, 0.05) is 22.0 Å². The number of para-hydroxylation sites is 1. The van der Waals surface area contributed by atoms with Gasteiger partial charge in [-0.3, -0.25) is 9.59 Å². The van der Waals surface area contributed by atoms with Crippen molar-refractivity contribution in [3.05, 3.63) is 47.7 Å². The number of carbonyl (C=O) groups is 2. The number of carboxylic acids is 1. The molecule has 0 spiro atoms. The second kappa shape index (κ2) is 9.23. The lowest BCUT2D eigenvalue weighted by molar-refractivity contribution is -0.224. The van der Waals surface area contributed by atoms with E-state index < -0.39 is 11.4 Å². The maximum atomic E-state index is 13.9. The van der Waals surface area contributed by atoms with E-state index in [2.05, 4.69) is 82.7 Å². The third-order valence-corrected chi connectivity index (χ3v) is 15.1. The minimum atomic E-state index is -0.969. The molecule has 4 saturated carbocycles. The smallest absolute Gasteiger partial charge is 0.322 e. The van der Waals surface area contributed by atoms with Gasteiger partial charge in [-0.15, -0.1) is 0 Å². The van der Waals surface area contributed by atoms with Gasteiger partial charge >= 0.3 is 5.97 Å². The number of rotatable bonds is 4. The highest BCUT2D eigenvalue weighted by Gasteiger charge is 2.71. The molecule has 9 atom stereocenters. The van der Waals surface area contributed by atoms with E-state index in [-0.39, 0.29) is 40.0 Å². The van der Waals surface area contributed by atoms with E-state index in [1.165, 1.54) is 41.4 Å². The molecular formula is C38H52N2O3. The zero-order valence-corrected chi connectivity index (χ0v) is 27.2. The van der Waals surface area contributed by atoms with E-state index in [1.807, 2.05) is 0 Å². The molecule has 232 valence electrons. The van der Waals surface area contributed by atoms with Crippen LogP contribution in [0, 0.1) is 51.2 Å². The lowest BCUT2D eigenvalue weighted by atomic mass is 9.32. The number of aromatic nitrogens is 1. The van der Waals surface area contributed by atoms with Crippen molar-refractivity contribution in [2.75, 3.05) is 6.54 Å². The Hall–Kier alpha value is -2.56. The Bertz CT molecular complexity index is 1520. The molecule has 4 unspecified atom stereocenters. The molecule has 5 aliphatic carbocycles. The summed E-state index contributed by atoms with van der Waals surface area (Å²) in [6.07, 6.45) is 9.74. The number of benzene rings is 1. The summed E-state index contributed by atoms with van der Waals surface area (Å²) in [6.45, 7) is 19.2. The zero-order chi connectivity index (χ0) is 30.7. The lowest BCUT2D eigenvalue weighted by Crippen LogP contribution is -2.67. The summed E-state index contributed by atoms with van der Waals surface area (Å²) in [5, 5.41) is 13.6. The van der Waals surface area contributed by atoms with Crippen molar-refractivity contribution in [2.24, 2.45) is 51.2 Å². The molecular weight excluding hydrogens is 532 g/mol. The molecule has 5 nitrogen and oxygen atoms in total. The van der Waals surface area contributed by atoms with Crippen molar-refractivity contribution >= 4 is 22.8 Å². The second-order valence-electron chi connectivity index (χ2n) is 16.8. The molecule has 0 bridgehead atoms. The Balaban J connectivity index is 1.29. The van der Waals surface area contributed by atoms with Gasteiger partial charge in [-0.1, -0.05) is 65.0 Å². The van der Waals surface area contributed by atoms with Crippen molar-refractivity contribution < 1.29 is 14.7 Å². The molecule has 1 aromatic carbocycles. The SMILES string of the molecule is C=C(C)[C@@H]1CC[C@]2(C(=O)NCC(=O)O)CC[C@]3(C)C(CCC4[C@@]5(C)Cc6c([nH]c7ccccc67)C(C)(C)C5CC[C@]43C)C12. The first-order valence-corrected chi connectivity index (χ1v) is 17.0. The zero-order valence-electron chi connectivity index (χ0n) is 27.2. The molecule has 0 saturated heterocycles. The number of carbonyl (C=O) groups excluding carboxylic acids is 1. The van der Waals surface area contributed by atoms with Crippen LogP contribution in [0.15, 0.2) is 36.4 Å². The molecule has 1 heterocycles. The van der Waals surface area contributed by atoms with E-state index in [4.69, 9.17) is 0 Å². The van der Waals surface area contributed by atoms with Gasteiger partial charge in [-0.2, -0.15) is 0 Å². The van der Waals surface area contributed by atoms with Crippen LogP contribution in [-0.4, -0.2) is 28.5 Å². The molecule has 43 heavy (non-hydrogen) atoms. The first-order chi connectivity index (χ1) is 20.2. The number of nitrogens with one attached hydrogen (secondary N) is 2.